The molecule has 1 heterocycles. The van der Waals surface area contributed by atoms with Crippen LogP contribution in [-0.2, 0) is 14.6 Å². The first-order valence-electron chi connectivity index (χ1n) is 6.40. The van der Waals surface area contributed by atoms with E-state index in [-0.39, 0.29) is 23.5 Å². The van der Waals surface area contributed by atoms with Gasteiger partial charge < -0.3 is 5.32 Å². The molecule has 0 unspecified atom stereocenters. The van der Waals surface area contributed by atoms with Crippen molar-refractivity contribution in [2.24, 2.45) is 0 Å². The van der Waals surface area contributed by atoms with Crippen LogP contribution in [0.25, 0.3) is 0 Å². The second-order valence-electron chi connectivity index (χ2n) is 4.92. The lowest BCUT2D eigenvalue weighted by molar-refractivity contribution is -0.120. The van der Waals surface area contributed by atoms with Gasteiger partial charge in [0.1, 0.15) is 0 Å². The molecule has 1 aromatic carbocycles. The van der Waals surface area contributed by atoms with Gasteiger partial charge in [-0.05, 0) is 25.5 Å². The molecule has 1 aliphatic rings. The van der Waals surface area contributed by atoms with E-state index in [4.69, 9.17) is 23.2 Å². The zero-order valence-electron chi connectivity index (χ0n) is 11.3. The van der Waals surface area contributed by atoms with Gasteiger partial charge in [0.2, 0.25) is 5.91 Å². The second-order valence-corrected chi connectivity index (χ2v) is 9.31. The van der Waals surface area contributed by atoms with Crippen LogP contribution in [0.3, 0.4) is 0 Å². The molecule has 0 saturated carbocycles. The smallest absolute Gasteiger partial charge is 0.233 e. The van der Waals surface area contributed by atoms with Crippen LogP contribution < -0.4 is 5.32 Å². The van der Waals surface area contributed by atoms with E-state index in [0.717, 1.165) is 0 Å². The van der Waals surface area contributed by atoms with Crippen LogP contribution in [0, 0.1) is 0 Å². The van der Waals surface area contributed by atoms with E-state index in [0.29, 0.717) is 21.4 Å². The highest BCUT2D eigenvalue weighted by atomic mass is 35.5. The molecule has 0 bridgehead atoms. The predicted molar refractivity (Wildman–Crippen MR) is 87.0 cm³/mol. The Bertz CT molecular complexity index is 629. The Kier molecular flexibility index (Phi) is 5.46. The quantitative estimate of drug-likeness (QED) is 0.831. The molecule has 0 spiro atoms. The van der Waals surface area contributed by atoms with E-state index >= 15 is 0 Å². The van der Waals surface area contributed by atoms with Crippen LogP contribution in [-0.4, -0.2) is 37.1 Å². The molecule has 0 aliphatic carbocycles. The third-order valence-electron chi connectivity index (χ3n) is 3.16. The third kappa shape index (κ3) is 4.52. The number of halogens is 2. The van der Waals surface area contributed by atoms with Crippen molar-refractivity contribution >= 4 is 50.7 Å². The lowest BCUT2D eigenvalue weighted by Gasteiger charge is -2.16. The molecular weight excluding hydrogens is 353 g/mol. The zero-order valence-corrected chi connectivity index (χ0v) is 14.5. The standard InChI is InChI=1S/C13H15Cl2NO3S2/c1-8(20-12-10(14)3-2-4-11(12)15)13(17)16-9-5-6-21(18,19)7-9/h2-4,8-9H,5-7H2,1H3,(H,16,17)/t8-,9-/m0/s1. The molecule has 8 heteroatoms. The van der Waals surface area contributed by atoms with Gasteiger partial charge in [0.15, 0.2) is 9.84 Å². The Morgan fingerprint density at radius 2 is 2.00 bits per heavy atom. The Morgan fingerprint density at radius 3 is 2.52 bits per heavy atom. The highest BCUT2D eigenvalue weighted by Crippen LogP contribution is 2.36. The number of rotatable bonds is 4. The van der Waals surface area contributed by atoms with Crippen LogP contribution in [0.4, 0.5) is 0 Å². The highest BCUT2D eigenvalue weighted by molar-refractivity contribution is 8.00. The fourth-order valence-electron chi connectivity index (χ4n) is 2.05. The minimum atomic E-state index is -3.00. The number of nitrogens with one attached hydrogen (secondary N) is 1. The summed E-state index contributed by atoms with van der Waals surface area (Å²) in [7, 11) is -3.00. The van der Waals surface area contributed by atoms with Gasteiger partial charge in [-0.1, -0.05) is 29.3 Å². The average Bonchev–Trinajstić information content (AvgIpc) is 2.73. The van der Waals surface area contributed by atoms with Crippen molar-refractivity contribution in [1.82, 2.24) is 5.32 Å². The van der Waals surface area contributed by atoms with Crippen molar-refractivity contribution in [2.75, 3.05) is 11.5 Å². The first kappa shape index (κ1) is 16.9. The molecule has 1 aliphatic heterocycles. The summed E-state index contributed by atoms with van der Waals surface area (Å²) in [6, 6.07) is 4.86. The molecule has 2 atom stereocenters. The molecule has 1 fully saturated rings. The topological polar surface area (TPSA) is 63.2 Å². The number of carbonyl (C=O) groups excluding carboxylic acids is 1. The van der Waals surface area contributed by atoms with Crippen molar-refractivity contribution in [1.29, 1.82) is 0 Å². The van der Waals surface area contributed by atoms with Gasteiger partial charge in [0, 0.05) is 10.9 Å². The number of benzene rings is 1. The van der Waals surface area contributed by atoms with E-state index in [1.165, 1.54) is 11.8 Å². The Morgan fingerprint density at radius 1 is 1.38 bits per heavy atom. The largest absolute Gasteiger partial charge is 0.351 e. The van der Waals surface area contributed by atoms with Crippen molar-refractivity contribution < 1.29 is 13.2 Å². The van der Waals surface area contributed by atoms with Gasteiger partial charge >= 0.3 is 0 Å². The van der Waals surface area contributed by atoms with E-state index in [1.54, 1.807) is 25.1 Å². The lowest BCUT2D eigenvalue weighted by atomic mass is 10.2. The first-order chi connectivity index (χ1) is 9.78. The fraction of sp³-hybridized carbons (Fsp3) is 0.462. The summed E-state index contributed by atoms with van der Waals surface area (Å²) in [6.07, 6.45) is 0.471. The van der Waals surface area contributed by atoms with Gasteiger partial charge in [-0.3, -0.25) is 4.79 Å². The minimum absolute atomic E-state index is 0.0168. The van der Waals surface area contributed by atoms with Crippen LogP contribution in [0.15, 0.2) is 23.1 Å². The van der Waals surface area contributed by atoms with Crippen LogP contribution in [0.5, 0.6) is 0 Å². The first-order valence-corrected chi connectivity index (χ1v) is 9.85. The van der Waals surface area contributed by atoms with Crippen molar-refractivity contribution in [2.45, 2.75) is 29.5 Å². The third-order valence-corrected chi connectivity index (χ3v) is 7.03. The molecule has 2 rings (SSSR count). The van der Waals surface area contributed by atoms with Crippen molar-refractivity contribution in [3.63, 3.8) is 0 Å². The molecule has 4 nitrogen and oxygen atoms in total. The number of carbonyl (C=O) groups is 1. The lowest BCUT2D eigenvalue weighted by Crippen LogP contribution is -2.39. The van der Waals surface area contributed by atoms with Crippen molar-refractivity contribution in [3.8, 4) is 0 Å². The summed E-state index contributed by atoms with van der Waals surface area (Å²) in [5, 5.41) is 3.35. The molecule has 1 amide bonds. The molecule has 0 aromatic heterocycles. The maximum Gasteiger partial charge on any atom is 0.233 e. The van der Waals surface area contributed by atoms with E-state index in [9.17, 15) is 13.2 Å². The molecule has 21 heavy (non-hydrogen) atoms. The monoisotopic (exact) mass is 367 g/mol. The number of sulfone groups is 1. The maximum atomic E-state index is 12.1. The SMILES string of the molecule is C[C@H](Sc1c(Cl)cccc1Cl)C(=O)N[C@H]1CCS(=O)(=O)C1. The maximum absolute atomic E-state index is 12.1. The summed E-state index contributed by atoms with van der Waals surface area (Å²) in [5.41, 5.74) is 0. The van der Waals surface area contributed by atoms with E-state index in [1.807, 2.05) is 0 Å². The summed E-state index contributed by atoms with van der Waals surface area (Å²) in [6.45, 7) is 1.74. The number of hydrogen-bond acceptors (Lipinski definition) is 4. The summed E-state index contributed by atoms with van der Waals surface area (Å²) >= 11 is 13.4. The highest BCUT2D eigenvalue weighted by Gasteiger charge is 2.30. The van der Waals surface area contributed by atoms with Gasteiger partial charge in [-0.2, -0.15) is 0 Å². The van der Waals surface area contributed by atoms with Crippen LogP contribution in [0.2, 0.25) is 10.0 Å². The Labute approximate surface area is 138 Å². The van der Waals surface area contributed by atoms with Crippen LogP contribution >= 0.6 is 35.0 Å². The van der Waals surface area contributed by atoms with E-state index < -0.39 is 15.1 Å². The van der Waals surface area contributed by atoms with Gasteiger partial charge in [0.25, 0.3) is 0 Å². The predicted octanol–water partition coefficient (Wildman–Crippen LogP) is 2.78. The Hall–Kier alpha value is -0.430. The van der Waals surface area contributed by atoms with Gasteiger partial charge in [-0.25, -0.2) is 8.42 Å². The van der Waals surface area contributed by atoms with Crippen molar-refractivity contribution in [3.05, 3.63) is 28.2 Å². The normalized spacial score (nSPS) is 22.0. The summed E-state index contributed by atoms with van der Waals surface area (Å²) < 4.78 is 22.8. The summed E-state index contributed by atoms with van der Waals surface area (Å²) in [4.78, 5) is 12.8. The van der Waals surface area contributed by atoms with Gasteiger partial charge in [-0.15, -0.1) is 11.8 Å². The number of hydrogen-bond donors (Lipinski definition) is 1. The molecular formula is C13H15Cl2NO3S2. The molecule has 1 N–H and O–H groups in total. The molecule has 0 radical (unpaired) electrons. The zero-order chi connectivity index (χ0) is 15.6. The number of amides is 1. The van der Waals surface area contributed by atoms with E-state index in [2.05, 4.69) is 5.32 Å². The van der Waals surface area contributed by atoms with Gasteiger partial charge in [0.05, 0.1) is 26.8 Å². The number of thioether (sulfide) groups is 1. The molecule has 1 saturated heterocycles. The minimum Gasteiger partial charge on any atom is -0.351 e. The Balaban J connectivity index is 1.97. The molecule has 116 valence electrons. The van der Waals surface area contributed by atoms with Crippen LogP contribution in [0.1, 0.15) is 13.3 Å². The fourth-order valence-corrected chi connectivity index (χ4v) is 5.28. The average molecular weight is 368 g/mol. The molecule has 1 aromatic rings. The summed E-state index contributed by atoms with van der Waals surface area (Å²) in [5.74, 6) is -0.0585. The second kappa shape index (κ2) is 6.77.